The van der Waals surface area contributed by atoms with Crippen molar-refractivity contribution in [2.75, 3.05) is 47.5 Å². The highest BCUT2D eigenvalue weighted by molar-refractivity contribution is 5.92. The monoisotopic (exact) mass is 482 g/mol. The lowest BCUT2D eigenvalue weighted by molar-refractivity contribution is -0.127. The van der Waals surface area contributed by atoms with Gasteiger partial charge >= 0.3 is 0 Å². The summed E-state index contributed by atoms with van der Waals surface area (Å²) in [6.45, 7) is 3.04. The number of benzene rings is 2. The SMILES string of the molecule is COc1cc(/C=C\C(=O)N2CCN(Cc3nnnn3-c3ccc(F)cc3)CC2)cc(OC)c1OC. The second kappa shape index (κ2) is 11.0. The van der Waals surface area contributed by atoms with Crippen LogP contribution in [0.1, 0.15) is 11.4 Å². The Morgan fingerprint density at radius 3 is 2.26 bits per heavy atom. The van der Waals surface area contributed by atoms with Gasteiger partial charge in [0, 0.05) is 32.3 Å². The normalized spacial score (nSPS) is 14.3. The first-order chi connectivity index (χ1) is 17.0. The molecule has 2 aromatic carbocycles. The van der Waals surface area contributed by atoms with E-state index in [2.05, 4.69) is 20.4 Å². The highest BCUT2D eigenvalue weighted by Crippen LogP contribution is 2.38. The van der Waals surface area contributed by atoms with Crippen LogP contribution in [0.15, 0.2) is 42.5 Å². The number of tetrazole rings is 1. The van der Waals surface area contributed by atoms with Crippen molar-refractivity contribution in [3.63, 3.8) is 0 Å². The first-order valence-electron chi connectivity index (χ1n) is 11.0. The Bertz CT molecular complexity index is 1160. The molecule has 0 atom stereocenters. The van der Waals surface area contributed by atoms with Crippen molar-refractivity contribution in [3.05, 3.63) is 59.7 Å². The van der Waals surface area contributed by atoms with E-state index in [-0.39, 0.29) is 11.7 Å². The van der Waals surface area contributed by atoms with Gasteiger partial charge in [0.1, 0.15) is 5.82 Å². The second-order valence-electron chi connectivity index (χ2n) is 7.88. The zero-order valence-electron chi connectivity index (χ0n) is 19.8. The molecule has 0 N–H and O–H groups in total. The Morgan fingerprint density at radius 2 is 1.66 bits per heavy atom. The maximum atomic E-state index is 13.2. The maximum Gasteiger partial charge on any atom is 0.246 e. The first-order valence-corrected chi connectivity index (χ1v) is 11.0. The molecule has 1 aliphatic heterocycles. The molecule has 1 amide bonds. The van der Waals surface area contributed by atoms with Gasteiger partial charge in [0.15, 0.2) is 17.3 Å². The molecule has 0 saturated carbocycles. The minimum atomic E-state index is -0.316. The largest absolute Gasteiger partial charge is 0.493 e. The van der Waals surface area contributed by atoms with Crippen molar-refractivity contribution in [3.8, 4) is 22.9 Å². The third-order valence-corrected chi connectivity index (χ3v) is 5.76. The molecule has 0 unspecified atom stereocenters. The summed E-state index contributed by atoms with van der Waals surface area (Å²) < 4.78 is 30.9. The molecular weight excluding hydrogens is 455 g/mol. The fraction of sp³-hybridized carbons (Fsp3) is 0.333. The van der Waals surface area contributed by atoms with E-state index in [1.807, 2.05) is 0 Å². The number of carbonyl (C=O) groups excluding carboxylic acids is 1. The highest BCUT2D eigenvalue weighted by atomic mass is 19.1. The fourth-order valence-corrected chi connectivity index (χ4v) is 3.88. The molecule has 3 aromatic rings. The number of nitrogens with zero attached hydrogens (tertiary/aromatic N) is 6. The van der Waals surface area contributed by atoms with Crippen molar-refractivity contribution >= 4 is 12.0 Å². The van der Waals surface area contributed by atoms with E-state index < -0.39 is 0 Å². The number of hydrogen-bond acceptors (Lipinski definition) is 8. The number of rotatable bonds is 8. The van der Waals surface area contributed by atoms with E-state index in [0.717, 1.165) is 5.56 Å². The van der Waals surface area contributed by atoms with E-state index in [4.69, 9.17) is 14.2 Å². The summed E-state index contributed by atoms with van der Waals surface area (Å²) in [5.41, 5.74) is 1.45. The summed E-state index contributed by atoms with van der Waals surface area (Å²) >= 11 is 0. The lowest BCUT2D eigenvalue weighted by Crippen LogP contribution is -2.48. The number of amides is 1. The minimum Gasteiger partial charge on any atom is -0.493 e. The molecule has 10 nitrogen and oxygen atoms in total. The van der Waals surface area contributed by atoms with Gasteiger partial charge in [-0.2, -0.15) is 4.68 Å². The van der Waals surface area contributed by atoms with Gasteiger partial charge in [0.25, 0.3) is 0 Å². The lowest BCUT2D eigenvalue weighted by atomic mass is 10.1. The molecule has 2 heterocycles. The average Bonchev–Trinajstić information content (AvgIpc) is 3.35. The summed E-state index contributed by atoms with van der Waals surface area (Å²) in [6, 6.07) is 9.58. The van der Waals surface area contributed by atoms with Crippen molar-refractivity contribution < 1.29 is 23.4 Å². The zero-order valence-corrected chi connectivity index (χ0v) is 19.8. The van der Waals surface area contributed by atoms with Crippen molar-refractivity contribution in [1.29, 1.82) is 0 Å². The summed E-state index contributed by atoms with van der Waals surface area (Å²) in [4.78, 5) is 16.7. The van der Waals surface area contributed by atoms with Crippen LogP contribution < -0.4 is 14.2 Å². The molecule has 0 radical (unpaired) electrons. The number of aromatic nitrogens is 4. The summed E-state index contributed by atoms with van der Waals surface area (Å²) in [7, 11) is 4.64. The van der Waals surface area contributed by atoms with Crippen LogP contribution in [0, 0.1) is 5.82 Å². The van der Waals surface area contributed by atoms with E-state index in [1.54, 1.807) is 67.3 Å². The minimum absolute atomic E-state index is 0.0745. The smallest absolute Gasteiger partial charge is 0.246 e. The van der Waals surface area contributed by atoms with Crippen LogP contribution >= 0.6 is 0 Å². The molecule has 0 spiro atoms. The van der Waals surface area contributed by atoms with Crippen molar-refractivity contribution in [2.45, 2.75) is 6.54 Å². The third kappa shape index (κ3) is 5.57. The predicted octanol–water partition coefficient (Wildman–Crippen LogP) is 2.18. The molecule has 0 bridgehead atoms. The standard InChI is InChI=1S/C24H27FN6O4/c1-33-20-14-17(15-21(34-2)24(20)35-3)4-9-23(32)30-12-10-29(11-13-30)16-22-26-27-28-31(22)19-7-5-18(25)6-8-19/h4-9,14-15H,10-13,16H2,1-3H3/b9-4-. The fourth-order valence-electron chi connectivity index (χ4n) is 3.88. The maximum absolute atomic E-state index is 13.2. The van der Waals surface area contributed by atoms with Gasteiger partial charge in [-0.3, -0.25) is 9.69 Å². The zero-order chi connectivity index (χ0) is 24.8. The average molecular weight is 483 g/mol. The van der Waals surface area contributed by atoms with Gasteiger partial charge in [0.05, 0.1) is 33.6 Å². The van der Waals surface area contributed by atoms with Crippen molar-refractivity contribution in [1.82, 2.24) is 30.0 Å². The third-order valence-electron chi connectivity index (χ3n) is 5.76. The number of halogens is 1. The predicted molar refractivity (Wildman–Crippen MR) is 126 cm³/mol. The number of methoxy groups -OCH3 is 3. The molecule has 35 heavy (non-hydrogen) atoms. The van der Waals surface area contributed by atoms with Gasteiger partial charge in [-0.25, -0.2) is 4.39 Å². The van der Waals surface area contributed by atoms with E-state index in [9.17, 15) is 9.18 Å². The molecule has 184 valence electrons. The van der Waals surface area contributed by atoms with Crippen LogP contribution in [0.2, 0.25) is 0 Å². The molecular formula is C24H27FN6O4. The highest BCUT2D eigenvalue weighted by Gasteiger charge is 2.22. The Morgan fingerprint density at radius 1 is 1.00 bits per heavy atom. The molecule has 1 aliphatic rings. The van der Waals surface area contributed by atoms with Gasteiger partial charge in [-0.05, 0) is 58.5 Å². The Balaban J connectivity index is 1.35. The molecule has 11 heteroatoms. The Labute approximate surface area is 202 Å². The number of piperazine rings is 1. The van der Waals surface area contributed by atoms with Crippen LogP contribution in [0.25, 0.3) is 11.8 Å². The Kier molecular flexibility index (Phi) is 7.56. The molecule has 1 aromatic heterocycles. The van der Waals surface area contributed by atoms with Gasteiger partial charge in [-0.1, -0.05) is 0 Å². The van der Waals surface area contributed by atoms with E-state index in [1.165, 1.54) is 12.1 Å². The quantitative estimate of drug-likeness (QED) is 0.451. The Hall–Kier alpha value is -3.99. The van der Waals surface area contributed by atoms with Crippen LogP contribution in [-0.4, -0.2) is 83.4 Å². The summed E-state index contributed by atoms with van der Waals surface area (Å²) in [5.74, 6) is 1.81. The number of hydrogen-bond donors (Lipinski definition) is 0. The number of carbonyl (C=O) groups is 1. The second-order valence-corrected chi connectivity index (χ2v) is 7.88. The van der Waals surface area contributed by atoms with Crippen LogP contribution in [0.5, 0.6) is 17.2 Å². The number of ether oxygens (including phenoxy) is 3. The first kappa shape index (κ1) is 24.1. The van der Waals surface area contributed by atoms with E-state index in [0.29, 0.717) is 61.5 Å². The van der Waals surface area contributed by atoms with Gasteiger partial charge in [0.2, 0.25) is 11.7 Å². The van der Waals surface area contributed by atoms with Gasteiger partial charge < -0.3 is 19.1 Å². The van der Waals surface area contributed by atoms with Gasteiger partial charge in [-0.15, -0.1) is 5.10 Å². The van der Waals surface area contributed by atoms with Crippen LogP contribution in [-0.2, 0) is 11.3 Å². The van der Waals surface area contributed by atoms with E-state index >= 15 is 0 Å². The molecule has 4 rings (SSSR count). The molecule has 1 saturated heterocycles. The lowest BCUT2D eigenvalue weighted by Gasteiger charge is -2.33. The van der Waals surface area contributed by atoms with Crippen LogP contribution in [0.4, 0.5) is 4.39 Å². The summed E-state index contributed by atoms with van der Waals surface area (Å²) in [6.07, 6.45) is 3.28. The van der Waals surface area contributed by atoms with Crippen molar-refractivity contribution in [2.24, 2.45) is 0 Å². The topological polar surface area (TPSA) is 94.8 Å². The van der Waals surface area contributed by atoms with Crippen LogP contribution in [0.3, 0.4) is 0 Å². The molecule has 1 fully saturated rings. The summed E-state index contributed by atoms with van der Waals surface area (Å²) in [5, 5.41) is 11.9. The molecule has 0 aliphatic carbocycles.